The number of hydrogen-bond donors (Lipinski definition) is 0. The second kappa shape index (κ2) is 8.86. The molecule has 0 bridgehead atoms. The van der Waals surface area contributed by atoms with E-state index in [1.54, 1.807) is 0 Å². The van der Waals surface area contributed by atoms with Gasteiger partial charge in [0.1, 0.15) is 0 Å². The van der Waals surface area contributed by atoms with E-state index < -0.39 is 0 Å². The van der Waals surface area contributed by atoms with Crippen LogP contribution in [0, 0.1) is 0 Å². The maximum atomic E-state index is 2.28. The van der Waals surface area contributed by atoms with Gasteiger partial charge >= 0.3 is 49.1 Å². The van der Waals surface area contributed by atoms with Gasteiger partial charge in [-0.05, 0) is 0 Å². The molecule has 0 amide bonds. The van der Waals surface area contributed by atoms with Crippen LogP contribution < -0.4 is 0 Å². The molecule has 0 aromatic rings. The Hall–Kier alpha value is 1.91. The Kier molecular flexibility index (Phi) is 20.7. The summed E-state index contributed by atoms with van der Waals surface area (Å²) in [7, 11) is 1.19. The molecule has 0 radical (unpaired) electrons. The molecule has 0 aliphatic heterocycles. The molecule has 4 heteroatoms. The summed E-state index contributed by atoms with van der Waals surface area (Å²) in [5.41, 5.74) is 0. The van der Waals surface area contributed by atoms with Crippen molar-refractivity contribution in [2.45, 2.75) is 0 Å². The van der Waals surface area contributed by atoms with Crippen LogP contribution in [0.15, 0.2) is 0 Å². The standard InChI is InChI=1S/FH.Fe.2HI/h1H;;2*1H/q;+2;;/p-2. The molecule has 0 saturated heterocycles. The number of rotatable bonds is 0. The normalized spacial score (nSPS) is 5.50. The Balaban J connectivity index is 0. The fourth-order valence-electron chi connectivity index (χ4n) is 0. The fourth-order valence-corrected chi connectivity index (χ4v) is 0. The summed E-state index contributed by atoms with van der Waals surface area (Å²) >= 11 is 4.55. The van der Waals surface area contributed by atoms with E-state index in [1.165, 1.54) is 8.46 Å². The molecular formula is HFFeI2. The van der Waals surface area contributed by atoms with E-state index in [4.69, 9.17) is 0 Å². The van der Waals surface area contributed by atoms with Crippen LogP contribution in [0.4, 0.5) is 4.70 Å². The van der Waals surface area contributed by atoms with E-state index in [2.05, 4.69) is 40.7 Å². The van der Waals surface area contributed by atoms with Crippen molar-refractivity contribution in [3.63, 3.8) is 0 Å². The van der Waals surface area contributed by atoms with Crippen molar-refractivity contribution in [3.8, 4) is 0 Å². The van der Waals surface area contributed by atoms with E-state index >= 15 is 0 Å². The molecule has 4 heavy (non-hydrogen) atoms. The first-order chi connectivity index (χ1) is 1.41. The molecule has 0 fully saturated rings. The van der Waals surface area contributed by atoms with Crippen molar-refractivity contribution in [1.82, 2.24) is 0 Å². The summed E-state index contributed by atoms with van der Waals surface area (Å²) in [6, 6.07) is 0. The van der Waals surface area contributed by atoms with Gasteiger partial charge in [-0.25, -0.2) is 0 Å². The Morgan fingerprint density at radius 3 is 1.25 bits per heavy atom. The first kappa shape index (κ1) is 9.32. The van der Waals surface area contributed by atoms with Crippen molar-refractivity contribution in [3.05, 3.63) is 0 Å². The van der Waals surface area contributed by atoms with Crippen LogP contribution in [0.2, 0.25) is 0 Å². The van der Waals surface area contributed by atoms with Crippen LogP contribution in [0.1, 0.15) is 0 Å². The predicted octanol–water partition coefficient (Wildman–Crippen LogP) is 1.92. The molecule has 0 saturated carbocycles. The van der Waals surface area contributed by atoms with Gasteiger partial charge in [0.25, 0.3) is 0 Å². The maximum absolute atomic E-state index is 2.28. The molecule has 0 N–H and O–H groups in total. The van der Waals surface area contributed by atoms with Crippen molar-refractivity contribution >= 4 is 40.7 Å². The molecule has 0 spiro atoms. The third-order valence-corrected chi connectivity index (χ3v) is 0. The molecule has 0 atom stereocenters. The fraction of sp³-hybridized carbons (Fsp3) is 0. The predicted molar refractivity (Wildman–Crippen MR) is 30.5 cm³/mol. The summed E-state index contributed by atoms with van der Waals surface area (Å²) in [6.07, 6.45) is 0. The van der Waals surface area contributed by atoms with E-state index in [-0.39, 0.29) is 4.70 Å². The summed E-state index contributed by atoms with van der Waals surface area (Å²) in [4.78, 5) is 0. The van der Waals surface area contributed by atoms with Crippen LogP contribution in [0.5, 0.6) is 0 Å². The van der Waals surface area contributed by atoms with Crippen LogP contribution in [0.3, 0.4) is 0 Å². The Morgan fingerprint density at radius 2 is 1.25 bits per heavy atom. The van der Waals surface area contributed by atoms with Gasteiger partial charge in [0, 0.05) is 0 Å². The van der Waals surface area contributed by atoms with Gasteiger partial charge in [-0.2, -0.15) is 0 Å². The van der Waals surface area contributed by atoms with Crippen molar-refractivity contribution in [1.29, 1.82) is 0 Å². The Labute approximate surface area is 53.1 Å². The molecule has 0 rings (SSSR count). The van der Waals surface area contributed by atoms with Gasteiger partial charge in [-0.1, -0.05) is 0 Å². The quantitative estimate of drug-likeness (QED) is 0.470. The van der Waals surface area contributed by atoms with E-state index in [0.29, 0.717) is 0 Å². The third kappa shape index (κ3) is 9.08. The number of halogens is 3. The average Bonchev–Trinajstić information content (AvgIpc) is 0.918. The molecule has 0 aliphatic rings. The molecule has 0 heterocycles. The van der Waals surface area contributed by atoms with Crippen molar-refractivity contribution < 1.29 is 13.2 Å². The second-order valence-electron chi connectivity index (χ2n) is 0.0505. The molecule has 0 unspecified atom stereocenters. The van der Waals surface area contributed by atoms with E-state index in [1.807, 2.05) is 0 Å². The molecular weight excluding hydrogens is 329 g/mol. The van der Waals surface area contributed by atoms with Crippen LogP contribution >= 0.6 is 40.7 Å². The van der Waals surface area contributed by atoms with Gasteiger partial charge < -0.3 is 0 Å². The molecule has 0 nitrogen and oxygen atoms in total. The third-order valence-electron chi connectivity index (χ3n) is 0. The van der Waals surface area contributed by atoms with E-state index in [9.17, 15) is 0 Å². The molecule has 30 valence electrons. The monoisotopic (exact) mass is 330 g/mol. The van der Waals surface area contributed by atoms with Crippen molar-refractivity contribution in [2.24, 2.45) is 0 Å². The van der Waals surface area contributed by atoms with Gasteiger partial charge in [-0.15, -0.1) is 0 Å². The Bertz CT molecular complexity index is 6.00. The summed E-state index contributed by atoms with van der Waals surface area (Å²) in [5, 5.41) is 0. The minimum absolute atomic E-state index is 0. The van der Waals surface area contributed by atoms with Gasteiger partial charge in [0.05, 0.1) is 0 Å². The van der Waals surface area contributed by atoms with Crippen LogP contribution in [0.25, 0.3) is 0 Å². The minimum atomic E-state index is 0. The summed E-state index contributed by atoms with van der Waals surface area (Å²) < 4.78 is 0. The number of hydrogen-bond acceptors (Lipinski definition) is 0. The molecule has 0 aliphatic carbocycles. The van der Waals surface area contributed by atoms with Gasteiger partial charge in [-0.3, -0.25) is 4.70 Å². The van der Waals surface area contributed by atoms with E-state index in [0.717, 1.165) is 0 Å². The zero-order chi connectivity index (χ0) is 2.71. The van der Waals surface area contributed by atoms with Crippen LogP contribution in [-0.2, 0) is 8.46 Å². The first-order valence-electron chi connectivity index (χ1n) is 0.267. The molecule has 0 aromatic carbocycles. The topological polar surface area (TPSA) is 0 Å². The second-order valence-corrected chi connectivity index (χ2v) is 9.37. The Morgan fingerprint density at radius 1 is 1.25 bits per heavy atom. The van der Waals surface area contributed by atoms with Crippen molar-refractivity contribution in [2.75, 3.05) is 0 Å². The molecule has 0 aromatic heterocycles. The summed E-state index contributed by atoms with van der Waals surface area (Å²) in [6.45, 7) is 0. The van der Waals surface area contributed by atoms with Gasteiger partial charge in [0.15, 0.2) is 0 Å². The zero-order valence-corrected chi connectivity index (χ0v) is 6.94. The van der Waals surface area contributed by atoms with Gasteiger partial charge in [0.2, 0.25) is 0 Å². The first-order valence-corrected chi connectivity index (χ1v) is 7.39. The SMILES string of the molecule is F.[I][Fe][I]. The zero-order valence-electron chi connectivity index (χ0n) is 1.52. The average molecular weight is 330 g/mol. The van der Waals surface area contributed by atoms with Crippen LogP contribution in [-0.4, -0.2) is 0 Å². The summed E-state index contributed by atoms with van der Waals surface area (Å²) in [5.74, 6) is 0.